The second-order valence-corrected chi connectivity index (χ2v) is 10.0. The van der Waals surface area contributed by atoms with E-state index in [0.29, 0.717) is 40.6 Å². The molecule has 2 atom stereocenters. The first-order chi connectivity index (χ1) is 16.1. The number of halogens is 1. The maximum Gasteiger partial charge on any atom is 0.311 e. The third-order valence-electron chi connectivity index (χ3n) is 7.00. The molecule has 4 heterocycles. The molecule has 0 radical (unpaired) electrons. The monoisotopic (exact) mass is 482 g/mol. The molecular weight excluding hydrogens is 460 g/mol. The van der Waals surface area contributed by atoms with Crippen LogP contribution in [0.2, 0.25) is 5.15 Å². The van der Waals surface area contributed by atoms with E-state index in [4.69, 9.17) is 26.3 Å². The maximum absolute atomic E-state index is 12.9. The summed E-state index contributed by atoms with van der Waals surface area (Å²) in [6.45, 7) is 2.26. The molecule has 4 aromatic heterocycles. The zero-order valence-corrected chi connectivity index (χ0v) is 19.6. The van der Waals surface area contributed by atoms with Gasteiger partial charge in [-0.25, -0.2) is 19.9 Å². The molecule has 0 saturated heterocycles. The first-order valence-electron chi connectivity index (χ1n) is 11.3. The van der Waals surface area contributed by atoms with Crippen molar-refractivity contribution in [1.29, 1.82) is 0 Å². The van der Waals surface area contributed by atoms with Gasteiger partial charge in [-0.2, -0.15) is 0 Å². The van der Waals surface area contributed by atoms with Gasteiger partial charge in [-0.1, -0.05) is 11.6 Å². The van der Waals surface area contributed by atoms with Crippen LogP contribution >= 0.6 is 22.9 Å². The third-order valence-corrected chi connectivity index (χ3v) is 7.99. The Labute approximate surface area is 199 Å². The van der Waals surface area contributed by atoms with Crippen LogP contribution in [0.15, 0.2) is 23.8 Å². The molecule has 2 bridgehead atoms. The molecule has 4 aromatic rings. The van der Waals surface area contributed by atoms with Crippen LogP contribution in [0.4, 0.5) is 5.82 Å². The number of hydrogen-bond acceptors (Lipinski definition) is 8. The molecule has 8 nitrogen and oxygen atoms in total. The quantitative estimate of drug-likeness (QED) is 0.383. The van der Waals surface area contributed by atoms with Gasteiger partial charge >= 0.3 is 5.97 Å². The van der Waals surface area contributed by atoms with Crippen LogP contribution in [0, 0.1) is 17.8 Å². The van der Waals surface area contributed by atoms with E-state index < -0.39 is 0 Å². The largest absolute Gasteiger partial charge is 0.466 e. The van der Waals surface area contributed by atoms with E-state index in [1.807, 2.05) is 24.6 Å². The maximum atomic E-state index is 12.9. The number of anilines is 1. The van der Waals surface area contributed by atoms with Gasteiger partial charge in [0.05, 0.1) is 29.7 Å². The highest BCUT2D eigenvalue weighted by molar-refractivity contribution is 7.16. The van der Waals surface area contributed by atoms with E-state index in [1.165, 1.54) is 6.20 Å². The second kappa shape index (κ2) is 8.22. The fourth-order valence-corrected chi connectivity index (χ4v) is 6.42. The molecule has 0 spiro atoms. The fraction of sp³-hybridized carbons (Fsp3) is 0.435. The lowest BCUT2D eigenvalue weighted by atomic mass is 9.61. The minimum Gasteiger partial charge on any atom is -0.466 e. The minimum atomic E-state index is -0.151. The van der Waals surface area contributed by atoms with Gasteiger partial charge in [0.15, 0.2) is 11.5 Å². The Morgan fingerprint density at radius 3 is 2.88 bits per heavy atom. The standard InChI is InChI=1S/C23H23ClN6O2S/c1-2-32-23(31)16-11-3-5-12(6-4-11)17(16)28-19-13-7-8-33-22(13)30-20(29-19)14-9-25-21-18(14)27-15(24)10-26-21/h7-12,16-17H,2-6H2,1H3,(H,25,26)(H,28,29,30)/t11?,12?,16-,17-/m1/s1. The van der Waals surface area contributed by atoms with Crippen LogP contribution in [0.1, 0.15) is 32.6 Å². The Bertz CT molecular complexity index is 1350. The molecule has 2 N–H and O–H groups in total. The molecule has 7 rings (SSSR count). The van der Waals surface area contributed by atoms with Crippen molar-refractivity contribution < 1.29 is 9.53 Å². The molecule has 3 aliphatic carbocycles. The first kappa shape index (κ1) is 20.8. The number of aromatic nitrogens is 5. The van der Waals surface area contributed by atoms with Crippen LogP contribution in [0.3, 0.4) is 0 Å². The number of aromatic amines is 1. The third kappa shape index (κ3) is 3.54. The van der Waals surface area contributed by atoms with Crippen LogP contribution in [0.5, 0.6) is 0 Å². The van der Waals surface area contributed by atoms with Gasteiger partial charge in [0.25, 0.3) is 0 Å². The first-order valence-corrected chi connectivity index (χ1v) is 12.6. The lowest BCUT2D eigenvalue weighted by molar-refractivity contribution is -0.154. The highest BCUT2D eigenvalue weighted by Gasteiger charge is 2.48. The summed E-state index contributed by atoms with van der Waals surface area (Å²) in [6, 6.07) is 2.03. The number of esters is 1. The Morgan fingerprint density at radius 2 is 2.06 bits per heavy atom. The Kier molecular flexibility index (Phi) is 5.18. The van der Waals surface area contributed by atoms with Crippen molar-refractivity contribution in [2.75, 3.05) is 11.9 Å². The van der Waals surface area contributed by atoms with Crippen molar-refractivity contribution in [2.45, 2.75) is 38.6 Å². The van der Waals surface area contributed by atoms with Gasteiger partial charge in [0, 0.05) is 12.2 Å². The summed E-state index contributed by atoms with van der Waals surface area (Å²) < 4.78 is 5.47. The number of nitrogens with zero attached hydrogens (tertiary/aromatic N) is 4. The molecular formula is C23H23ClN6O2S. The van der Waals surface area contributed by atoms with Gasteiger partial charge < -0.3 is 15.0 Å². The van der Waals surface area contributed by atoms with E-state index in [2.05, 4.69) is 20.3 Å². The topological polar surface area (TPSA) is 106 Å². The Balaban J connectivity index is 1.43. The Hall–Kier alpha value is -2.78. The molecule has 33 heavy (non-hydrogen) atoms. The number of H-pyrrole nitrogens is 1. The lowest BCUT2D eigenvalue weighted by Crippen LogP contribution is -2.52. The molecule has 0 aromatic carbocycles. The summed E-state index contributed by atoms with van der Waals surface area (Å²) in [5.41, 5.74) is 2.00. The van der Waals surface area contributed by atoms with E-state index >= 15 is 0 Å². The van der Waals surface area contributed by atoms with Crippen LogP contribution in [-0.4, -0.2) is 43.5 Å². The van der Waals surface area contributed by atoms with Gasteiger partial charge in [-0.05, 0) is 55.9 Å². The summed E-state index contributed by atoms with van der Waals surface area (Å²) in [5.74, 6) is 1.83. The second-order valence-electron chi connectivity index (χ2n) is 8.75. The number of hydrogen-bond donors (Lipinski definition) is 2. The smallest absolute Gasteiger partial charge is 0.311 e. The molecule has 170 valence electrons. The predicted octanol–water partition coefficient (Wildman–Crippen LogP) is 5.06. The number of fused-ring (bicyclic) bond motifs is 5. The zero-order chi connectivity index (χ0) is 22.5. The summed E-state index contributed by atoms with van der Waals surface area (Å²) in [4.78, 5) is 35.3. The highest BCUT2D eigenvalue weighted by atomic mass is 35.5. The Morgan fingerprint density at radius 1 is 1.24 bits per heavy atom. The van der Waals surface area contributed by atoms with Crippen molar-refractivity contribution in [3.63, 3.8) is 0 Å². The number of rotatable bonds is 5. The normalized spacial score (nSPS) is 24.4. The molecule has 10 heteroatoms. The van der Waals surface area contributed by atoms with Gasteiger partial charge in [-0.3, -0.25) is 4.79 Å². The molecule has 3 saturated carbocycles. The lowest BCUT2D eigenvalue weighted by Gasteiger charge is -2.47. The van der Waals surface area contributed by atoms with Crippen molar-refractivity contribution >= 4 is 56.1 Å². The number of carbonyl (C=O) groups is 1. The summed E-state index contributed by atoms with van der Waals surface area (Å²) in [7, 11) is 0. The van der Waals surface area contributed by atoms with E-state index in [0.717, 1.165) is 47.3 Å². The number of nitrogens with one attached hydrogen (secondary N) is 2. The summed E-state index contributed by atoms with van der Waals surface area (Å²) in [5, 5.41) is 6.95. The van der Waals surface area contributed by atoms with Crippen molar-refractivity contribution in [3.8, 4) is 11.4 Å². The van der Waals surface area contributed by atoms with Crippen molar-refractivity contribution in [1.82, 2.24) is 24.9 Å². The van der Waals surface area contributed by atoms with Gasteiger partial charge in [0.1, 0.15) is 21.3 Å². The van der Waals surface area contributed by atoms with Crippen molar-refractivity contribution in [2.24, 2.45) is 17.8 Å². The van der Waals surface area contributed by atoms with E-state index in [9.17, 15) is 4.79 Å². The van der Waals surface area contributed by atoms with E-state index in [-0.39, 0.29) is 17.9 Å². The van der Waals surface area contributed by atoms with Crippen molar-refractivity contribution in [3.05, 3.63) is 29.0 Å². The predicted molar refractivity (Wildman–Crippen MR) is 128 cm³/mol. The molecule has 0 aliphatic heterocycles. The zero-order valence-electron chi connectivity index (χ0n) is 18.0. The average molecular weight is 483 g/mol. The number of carbonyl (C=O) groups excluding carboxylic acids is 1. The van der Waals surface area contributed by atoms with Gasteiger partial charge in [-0.15, -0.1) is 11.3 Å². The minimum absolute atomic E-state index is 0.000366. The fourth-order valence-electron chi connectivity index (χ4n) is 5.52. The molecule has 3 aliphatic rings. The van der Waals surface area contributed by atoms with Crippen LogP contribution < -0.4 is 5.32 Å². The van der Waals surface area contributed by atoms with E-state index in [1.54, 1.807) is 11.3 Å². The number of ether oxygens (including phenoxy) is 1. The number of thiophene rings is 1. The molecule has 3 fully saturated rings. The van der Waals surface area contributed by atoms with Crippen LogP contribution in [0.25, 0.3) is 32.8 Å². The van der Waals surface area contributed by atoms with Gasteiger partial charge in [0.2, 0.25) is 0 Å². The summed E-state index contributed by atoms with van der Waals surface area (Å²) >= 11 is 7.66. The molecule has 0 unspecified atom stereocenters. The van der Waals surface area contributed by atoms with Crippen LogP contribution in [-0.2, 0) is 9.53 Å². The molecule has 0 amide bonds. The average Bonchev–Trinajstić information content (AvgIpc) is 3.46. The summed E-state index contributed by atoms with van der Waals surface area (Å²) in [6.07, 6.45) is 7.74. The SMILES string of the molecule is CCOC(=O)[C@@H]1C2CCC(CC2)[C@H]1Nc1nc(-c2c[nH]c3ncc(Cl)nc23)nc2sccc12. The highest BCUT2D eigenvalue weighted by Crippen LogP contribution is 2.47.